The van der Waals surface area contributed by atoms with Gasteiger partial charge in [-0.15, -0.1) is 0 Å². The zero-order valence-corrected chi connectivity index (χ0v) is 18.8. The number of fused-ring (bicyclic) bond motifs is 4. The zero-order chi connectivity index (χ0) is 23.6. The molecule has 35 heavy (non-hydrogen) atoms. The van der Waals surface area contributed by atoms with Crippen molar-refractivity contribution in [3.63, 3.8) is 0 Å². The molecule has 6 rings (SSSR count). The van der Waals surface area contributed by atoms with E-state index in [2.05, 4.69) is 15.0 Å². The molecule has 5 heterocycles. The van der Waals surface area contributed by atoms with Gasteiger partial charge in [-0.05, 0) is 54.4 Å². The lowest BCUT2D eigenvalue weighted by molar-refractivity contribution is 0.0486. The Balaban J connectivity index is 1.18. The summed E-state index contributed by atoms with van der Waals surface area (Å²) in [5.41, 5.74) is 3.36. The molecule has 9 nitrogen and oxygen atoms in total. The second kappa shape index (κ2) is 9.09. The topological polar surface area (TPSA) is 97.6 Å². The lowest BCUT2D eigenvalue weighted by atomic mass is 9.97. The van der Waals surface area contributed by atoms with E-state index in [1.807, 2.05) is 36.4 Å². The number of ether oxygens (including phenoxy) is 4. The van der Waals surface area contributed by atoms with E-state index in [0.717, 1.165) is 28.3 Å². The normalized spacial score (nSPS) is 15.6. The molecule has 0 saturated heterocycles. The van der Waals surface area contributed by atoms with Crippen molar-refractivity contribution >= 4 is 0 Å². The number of pyridine rings is 2. The van der Waals surface area contributed by atoms with Crippen molar-refractivity contribution in [1.29, 1.82) is 0 Å². The Bertz CT molecular complexity index is 1420. The van der Waals surface area contributed by atoms with Crippen LogP contribution in [0.5, 0.6) is 23.3 Å². The first-order valence-electron chi connectivity index (χ1n) is 11.4. The van der Waals surface area contributed by atoms with Gasteiger partial charge in [0.15, 0.2) is 11.9 Å². The first-order chi connectivity index (χ1) is 17.2. The Morgan fingerprint density at radius 2 is 1.97 bits per heavy atom. The van der Waals surface area contributed by atoms with Gasteiger partial charge < -0.3 is 18.9 Å². The maximum atomic E-state index is 12.7. The molecule has 3 aromatic heterocycles. The number of aryl methyl sites for hydroxylation is 1. The highest BCUT2D eigenvalue weighted by atomic mass is 16.6. The highest BCUT2D eigenvalue weighted by molar-refractivity contribution is 5.67. The van der Waals surface area contributed by atoms with E-state index < -0.39 is 0 Å². The van der Waals surface area contributed by atoms with Gasteiger partial charge in [0, 0.05) is 30.6 Å². The lowest BCUT2D eigenvalue weighted by Gasteiger charge is -2.26. The summed E-state index contributed by atoms with van der Waals surface area (Å²) < 4.78 is 25.0. The van der Waals surface area contributed by atoms with Crippen LogP contribution in [0.25, 0.3) is 11.3 Å². The number of aromatic nitrogens is 4. The van der Waals surface area contributed by atoms with Crippen LogP contribution in [0, 0.1) is 0 Å². The average Bonchev–Trinajstić information content (AvgIpc) is 2.91. The lowest BCUT2D eigenvalue weighted by Crippen LogP contribution is -2.35. The van der Waals surface area contributed by atoms with Crippen LogP contribution in [-0.4, -0.2) is 38.8 Å². The minimum absolute atomic E-state index is 0.192. The smallest absolute Gasteiger partial charge is 0.351 e. The summed E-state index contributed by atoms with van der Waals surface area (Å²) in [5, 5.41) is 0. The van der Waals surface area contributed by atoms with Gasteiger partial charge in [-0.1, -0.05) is 6.07 Å². The molecule has 0 fully saturated rings. The van der Waals surface area contributed by atoms with Crippen molar-refractivity contribution in [2.45, 2.75) is 25.7 Å². The number of hydrogen-bond donors (Lipinski definition) is 0. The standard InChI is InChI=1S/C26H22N4O5/c31-26-29-24(33-15-20-16-34-25-23(35-20)5-3-10-28-25)13-22-21-7-6-19(12-17(21)8-11-30(22)26)32-14-18-4-1-2-9-27-18/h1-7,9-10,12-13,20H,8,11,14-16H2. The molecule has 2 aliphatic heterocycles. The quantitative estimate of drug-likeness (QED) is 0.424. The third kappa shape index (κ3) is 4.40. The summed E-state index contributed by atoms with van der Waals surface area (Å²) in [6.07, 6.45) is 3.78. The summed E-state index contributed by atoms with van der Waals surface area (Å²) >= 11 is 0. The van der Waals surface area contributed by atoms with Crippen LogP contribution < -0.4 is 24.6 Å². The predicted molar refractivity (Wildman–Crippen MR) is 126 cm³/mol. The van der Waals surface area contributed by atoms with Crippen molar-refractivity contribution in [1.82, 2.24) is 19.5 Å². The summed E-state index contributed by atoms with van der Waals surface area (Å²) in [6.45, 7) is 1.43. The van der Waals surface area contributed by atoms with E-state index in [9.17, 15) is 4.79 Å². The minimum Gasteiger partial charge on any atom is -0.487 e. The van der Waals surface area contributed by atoms with Gasteiger partial charge in [-0.2, -0.15) is 4.98 Å². The van der Waals surface area contributed by atoms with E-state index in [4.69, 9.17) is 18.9 Å². The monoisotopic (exact) mass is 470 g/mol. The van der Waals surface area contributed by atoms with E-state index >= 15 is 0 Å². The Labute approximate surface area is 200 Å². The molecule has 0 amide bonds. The second-order valence-electron chi connectivity index (χ2n) is 8.26. The van der Waals surface area contributed by atoms with Gasteiger partial charge in [0.2, 0.25) is 5.88 Å². The number of benzene rings is 1. The largest absolute Gasteiger partial charge is 0.487 e. The van der Waals surface area contributed by atoms with E-state index in [-0.39, 0.29) is 24.3 Å². The zero-order valence-electron chi connectivity index (χ0n) is 18.8. The fraction of sp³-hybridized carbons (Fsp3) is 0.231. The first kappa shape index (κ1) is 21.2. The molecule has 176 valence electrons. The van der Waals surface area contributed by atoms with Crippen molar-refractivity contribution < 1.29 is 18.9 Å². The molecule has 1 atom stereocenters. The van der Waals surface area contributed by atoms with Gasteiger partial charge in [0.05, 0.1) is 11.4 Å². The maximum Gasteiger partial charge on any atom is 0.351 e. The summed E-state index contributed by atoms with van der Waals surface area (Å²) in [7, 11) is 0. The fourth-order valence-corrected chi connectivity index (χ4v) is 4.21. The molecule has 1 aromatic carbocycles. The number of hydrogen-bond acceptors (Lipinski definition) is 8. The summed E-state index contributed by atoms with van der Waals surface area (Å²) in [6, 6.07) is 17.0. The van der Waals surface area contributed by atoms with E-state index in [1.165, 1.54) is 0 Å². The highest BCUT2D eigenvalue weighted by Crippen LogP contribution is 2.33. The Morgan fingerprint density at radius 1 is 1.03 bits per heavy atom. The van der Waals surface area contributed by atoms with Crippen LogP contribution in [-0.2, 0) is 19.6 Å². The van der Waals surface area contributed by atoms with Crippen molar-refractivity contribution in [3.8, 4) is 34.5 Å². The number of nitrogens with zero attached hydrogens (tertiary/aromatic N) is 4. The Hall–Kier alpha value is -4.40. The summed E-state index contributed by atoms with van der Waals surface area (Å²) in [5.74, 6) is 2.06. The van der Waals surface area contributed by atoms with Gasteiger partial charge in [0.25, 0.3) is 5.88 Å². The molecular weight excluding hydrogens is 448 g/mol. The SMILES string of the molecule is O=c1nc(OCC2COc3ncccc3O2)cc2n1CCc1cc(OCc3ccccn3)ccc1-2. The van der Waals surface area contributed by atoms with Gasteiger partial charge in [-0.3, -0.25) is 9.55 Å². The third-order valence-electron chi connectivity index (χ3n) is 5.91. The van der Waals surface area contributed by atoms with Crippen LogP contribution in [0.15, 0.2) is 71.8 Å². The predicted octanol–water partition coefficient (Wildman–Crippen LogP) is 3.05. The average molecular weight is 470 g/mol. The molecule has 4 aromatic rings. The van der Waals surface area contributed by atoms with Crippen LogP contribution in [0.3, 0.4) is 0 Å². The Kier molecular flexibility index (Phi) is 5.50. The fourth-order valence-electron chi connectivity index (χ4n) is 4.21. The third-order valence-corrected chi connectivity index (χ3v) is 5.91. The second-order valence-corrected chi connectivity index (χ2v) is 8.26. The molecule has 1 unspecified atom stereocenters. The maximum absolute atomic E-state index is 12.7. The van der Waals surface area contributed by atoms with E-state index in [0.29, 0.717) is 37.8 Å². The molecule has 0 spiro atoms. The van der Waals surface area contributed by atoms with Gasteiger partial charge >= 0.3 is 5.69 Å². The molecule has 0 N–H and O–H groups in total. The minimum atomic E-state index is -0.339. The van der Waals surface area contributed by atoms with Gasteiger partial charge in [-0.25, -0.2) is 9.78 Å². The molecule has 0 aliphatic carbocycles. The van der Waals surface area contributed by atoms with Crippen molar-refractivity contribution in [3.05, 3.63) is 88.7 Å². The molecule has 0 bridgehead atoms. The molecule has 0 radical (unpaired) electrons. The van der Waals surface area contributed by atoms with E-state index in [1.54, 1.807) is 35.2 Å². The van der Waals surface area contributed by atoms with Crippen LogP contribution >= 0.6 is 0 Å². The molecule has 9 heteroatoms. The summed E-state index contributed by atoms with van der Waals surface area (Å²) in [4.78, 5) is 25.2. The molecular formula is C26H22N4O5. The first-order valence-corrected chi connectivity index (χ1v) is 11.4. The van der Waals surface area contributed by atoms with Crippen LogP contribution in [0.4, 0.5) is 0 Å². The van der Waals surface area contributed by atoms with Crippen molar-refractivity contribution in [2.24, 2.45) is 0 Å². The van der Waals surface area contributed by atoms with Gasteiger partial charge in [0.1, 0.15) is 25.6 Å². The highest BCUT2D eigenvalue weighted by Gasteiger charge is 2.24. The Morgan fingerprint density at radius 3 is 2.89 bits per heavy atom. The van der Waals surface area contributed by atoms with Crippen LogP contribution in [0.1, 0.15) is 11.3 Å². The number of rotatable bonds is 6. The van der Waals surface area contributed by atoms with Crippen molar-refractivity contribution in [2.75, 3.05) is 13.2 Å². The van der Waals surface area contributed by atoms with Crippen LogP contribution in [0.2, 0.25) is 0 Å². The molecule has 2 aliphatic rings. The molecule has 0 saturated carbocycles.